The Bertz CT molecular complexity index is 585. The summed E-state index contributed by atoms with van der Waals surface area (Å²) in [6.45, 7) is 12.1. The van der Waals surface area contributed by atoms with Gasteiger partial charge in [0.15, 0.2) is 0 Å². The quantitative estimate of drug-likeness (QED) is 0.797. The molecule has 0 spiro atoms. The van der Waals surface area contributed by atoms with Gasteiger partial charge >= 0.3 is 0 Å². The van der Waals surface area contributed by atoms with Crippen LogP contribution in [0.15, 0.2) is 24.3 Å². The zero-order valence-corrected chi connectivity index (χ0v) is 13.3. The minimum absolute atomic E-state index is 0.446. The summed E-state index contributed by atoms with van der Waals surface area (Å²) in [5, 5.41) is 4.80. The molecule has 0 aliphatic carbocycles. The number of hydrogen-bond donors (Lipinski definition) is 1. The minimum Gasteiger partial charge on any atom is -0.384 e. The van der Waals surface area contributed by atoms with Crippen molar-refractivity contribution < 1.29 is 0 Å². The summed E-state index contributed by atoms with van der Waals surface area (Å²) in [6.07, 6.45) is 1.13. The average molecular weight is 270 g/mol. The molecule has 108 valence electrons. The van der Waals surface area contributed by atoms with Crippen LogP contribution in [-0.4, -0.2) is 11.5 Å². The molecule has 0 unspecified atom stereocenters. The first-order valence-electron chi connectivity index (χ1n) is 7.72. The zero-order valence-electron chi connectivity index (χ0n) is 13.3. The molecule has 0 amide bonds. The van der Waals surface area contributed by atoms with E-state index in [-0.39, 0.29) is 0 Å². The Balaban J connectivity index is 2.66. The topological polar surface area (TPSA) is 24.9 Å². The first-order chi connectivity index (χ1) is 9.54. The Morgan fingerprint density at radius 3 is 2.45 bits per heavy atom. The van der Waals surface area contributed by atoms with Crippen molar-refractivity contribution in [3.8, 4) is 0 Å². The molecule has 0 bridgehead atoms. The van der Waals surface area contributed by atoms with E-state index in [1.54, 1.807) is 0 Å². The Labute approximate surface area is 122 Å². The van der Waals surface area contributed by atoms with E-state index in [2.05, 4.69) is 64.2 Å². The molecule has 0 saturated heterocycles. The highest BCUT2D eigenvalue weighted by Crippen LogP contribution is 2.31. The molecule has 2 aromatic rings. The smallest absolute Gasteiger partial charge is 0.0760 e. The van der Waals surface area contributed by atoms with Crippen molar-refractivity contribution in [2.24, 2.45) is 0 Å². The molecule has 0 aliphatic heterocycles. The number of fused-ring (bicyclic) bond motifs is 1. The van der Waals surface area contributed by atoms with Crippen LogP contribution in [0.3, 0.4) is 0 Å². The van der Waals surface area contributed by atoms with Crippen molar-refractivity contribution in [3.05, 3.63) is 35.5 Å². The Morgan fingerprint density at radius 1 is 1.10 bits per heavy atom. The van der Waals surface area contributed by atoms with Gasteiger partial charge in [-0.25, -0.2) is 0 Å². The van der Waals surface area contributed by atoms with Crippen LogP contribution in [0, 0.1) is 0 Å². The van der Waals surface area contributed by atoms with Crippen molar-refractivity contribution >= 4 is 16.6 Å². The highest BCUT2D eigenvalue weighted by Gasteiger charge is 2.12. The van der Waals surface area contributed by atoms with Gasteiger partial charge in [0.25, 0.3) is 0 Å². The minimum atomic E-state index is 0.446. The van der Waals surface area contributed by atoms with E-state index in [4.69, 9.17) is 4.98 Å². The van der Waals surface area contributed by atoms with Gasteiger partial charge in [0.05, 0.1) is 5.52 Å². The molecule has 1 N–H and O–H groups in total. The number of hydrogen-bond acceptors (Lipinski definition) is 2. The third-order valence-corrected chi connectivity index (χ3v) is 3.67. The molecule has 0 saturated carbocycles. The highest BCUT2D eigenvalue weighted by molar-refractivity contribution is 5.93. The van der Waals surface area contributed by atoms with Crippen LogP contribution in [0.25, 0.3) is 10.9 Å². The lowest BCUT2D eigenvalue weighted by Crippen LogP contribution is -2.05. The van der Waals surface area contributed by atoms with Gasteiger partial charge in [-0.1, -0.05) is 52.8 Å². The van der Waals surface area contributed by atoms with E-state index in [0.29, 0.717) is 11.8 Å². The van der Waals surface area contributed by atoms with E-state index in [9.17, 15) is 0 Å². The molecule has 0 fully saturated rings. The molecule has 0 radical (unpaired) electrons. The number of rotatable bonds is 5. The maximum absolute atomic E-state index is 4.92. The van der Waals surface area contributed by atoms with Gasteiger partial charge in [-0.05, 0) is 29.9 Å². The normalized spacial score (nSPS) is 11.6. The van der Waals surface area contributed by atoms with Crippen molar-refractivity contribution in [1.29, 1.82) is 0 Å². The number of aromatic nitrogens is 1. The molecule has 0 aliphatic rings. The Morgan fingerprint density at radius 2 is 1.85 bits per heavy atom. The summed E-state index contributed by atoms with van der Waals surface area (Å²) in [5.74, 6) is 0.939. The SMILES string of the molecule is CCCNc1cc(C(C)C)nc2c(C(C)C)cccc12. The summed E-state index contributed by atoms with van der Waals surface area (Å²) in [5.41, 5.74) is 4.89. The van der Waals surface area contributed by atoms with Gasteiger partial charge in [0, 0.05) is 23.3 Å². The molecule has 1 heterocycles. The maximum Gasteiger partial charge on any atom is 0.0760 e. The lowest BCUT2D eigenvalue weighted by Gasteiger charge is -2.16. The largest absolute Gasteiger partial charge is 0.384 e. The van der Waals surface area contributed by atoms with E-state index in [1.807, 2.05) is 0 Å². The van der Waals surface area contributed by atoms with E-state index in [0.717, 1.165) is 18.5 Å². The van der Waals surface area contributed by atoms with Crippen LogP contribution < -0.4 is 5.32 Å². The second-order valence-electron chi connectivity index (χ2n) is 6.07. The van der Waals surface area contributed by atoms with E-state index >= 15 is 0 Å². The third kappa shape index (κ3) is 2.95. The first-order valence-corrected chi connectivity index (χ1v) is 7.72. The summed E-state index contributed by atoms with van der Waals surface area (Å²) >= 11 is 0. The van der Waals surface area contributed by atoms with Crippen molar-refractivity contribution in [3.63, 3.8) is 0 Å². The third-order valence-electron chi connectivity index (χ3n) is 3.67. The fourth-order valence-corrected chi connectivity index (χ4v) is 2.46. The van der Waals surface area contributed by atoms with Crippen LogP contribution >= 0.6 is 0 Å². The average Bonchev–Trinajstić information content (AvgIpc) is 2.43. The lowest BCUT2D eigenvalue weighted by atomic mass is 9.97. The van der Waals surface area contributed by atoms with Gasteiger partial charge in [-0.2, -0.15) is 0 Å². The predicted molar refractivity (Wildman–Crippen MR) is 88.7 cm³/mol. The second-order valence-corrected chi connectivity index (χ2v) is 6.07. The highest BCUT2D eigenvalue weighted by atomic mass is 14.9. The summed E-state index contributed by atoms with van der Waals surface area (Å²) in [7, 11) is 0. The molecular formula is C18H26N2. The van der Waals surface area contributed by atoms with Gasteiger partial charge in [-0.15, -0.1) is 0 Å². The first kappa shape index (κ1) is 14.8. The molecular weight excluding hydrogens is 244 g/mol. The Hall–Kier alpha value is -1.57. The molecule has 2 nitrogen and oxygen atoms in total. The second kappa shape index (κ2) is 6.25. The van der Waals surface area contributed by atoms with Gasteiger partial charge < -0.3 is 5.32 Å². The number of nitrogens with zero attached hydrogens (tertiary/aromatic N) is 1. The summed E-state index contributed by atoms with van der Waals surface area (Å²) in [4.78, 5) is 4.92. The van der Waals surface area contributed by atoms with Crippen LogP contribution in [0.4, 0.5) is 5.69 Å². The van der Waals surface area contributed by atoms with Crippen LogP contribution in [-0.2, 0) is 0 Å². The van der Waals surface area contributed by atoms with E-state index in [1.165, 1.54) is 22.3 Å². The van der Waals surface area contributed by atoms with Gasteiger partial charge in [0.2, 0.25) is 0 Å². The van der Waals surface area contributed by atoms with Crippen molar-refractivity contribution in [1.82, 2.24) is 4.98 Å². The molecule has 1 aromatic carbocycles. The number of anilines is 1. The van der Waals surface area contributed by atoms with Crippen LogP contribution in [0.2, 0.25) is 0 Å². The molecule has 20 heavy (non-hydrogen) atoms. The van der Waals surface area contributed by atoms with E-state index < -0.39 is 0 Å². The van der Waals surface area contributed by atoms with Gasteiger partial charge in [-0.3, -0.25) is 4.98 Å². The molecule has 2 rings (SSSR count). The molecule has 2 heteroatoms. The van der Waals surface area contributed by atoms with Crippen LogP contribution in [0.5, 0.6) is 0 Å². The van der Waals surface area contributed by atoms with Gasteiger partial charge in [0.1, 0.15) is 0 Å². The number of benzene rings is 1. The van der Waals surface area contributed by atoms with Crippen molar-refractivity contribution in [2.75, 3.05) is 11.9 Å². The number of para-hydroxylation sites is 1. The fourth-order valence-electron chi connectivity index (χ4n) is 2.46. The monoisotopic (exact) mass is 270 g/mol. The lowest BCUT2D eigenvalue weighted by molar-refractivity contribution is 0.823. The molecule has 1 aromatic heterocycles. The Kier molecular flexibility index (Phi) is 4.64. The predicted octanol–water partition coefficient (Wildman–Crippen LogP) is 5.30. The standard InChI is InChI=1S/C18H26N2/c1-6-10-19-17-11-16(13(4)5)20-18-14(12(2)3)8-7-9-15(17)18/h7-9,11-13H,6,10H2,1-5H3,(H,19,20). The number of nitrogens with one attached hydrogen (secondary N) is 1. The summed E-state index contributed by atoms with van der Waals surface area (Å²) < 4.78 is 0. The van der Waals surface area contributed by atoms with Crippen LogP contribution in [0.1, 0.15) is 64.1 Å². The summed E-state index contributed by atoms with van der Waals surface area (Å²) in [6, 6.07) is 8.74. The fraction of sp³-hybridized carbons (Fsp3) is 0.500. The molecule has 0 atom stereocenters. The van der Waals surface area contributed by atoms with Crippen molar-refractivity contribution in [2.45, 2.75) is 52.9 Å². The zero-order chi connectivity index (χ0) is 14.7. The number of pyridine rings is 1. The maximum atomic E-state index is 4.92.